The molecule has 3 heterocycles. The van der Waals surface area contributed by atoms with E-state index in [1.165, 1.54) is 0 Å². The van der Waals surface area contributed by atoms with Gasteiger partial charge in [-0.3, -0.25) is 9.59 Å². The molecule has 26 heavy (non-hydrogen) atoms. The summed E-state index contributed by atoms with van der Waals surface area (Å²) in [6, 6.07) is 6.98. The van der Waals surface area contributed by atoms with Gasteiger partial charge in [-0.25, -0.2) is 0 Å². The highest BCUT2D eigenvalue weighted by Crippen LogP contribution is 2.30. The molecule has 1 aliphatic heterocycles. The van der Waals surface area contributed by atoms with Crippen LogP contribution >= 0.6 is 11.3 Å². The summed E-state index contributed by atoms with van der Waals surface area (Å²) in [6.07, 6.45) is 0.541. The van der Waals surface area contributed by atoms with Crippen LogP contribution in [0.4, 0.5) is 11.4 Å². The Kier molecular flexibility index (Phi) is 4.36. The molecule has 0 aliphatic carbocycles. The third kappa shape index (κ3) is 3.57. The number of ether oxygens (including phenoxy) is 1. The number of anilines is 2. The Bertz CT molecular complexity index is 952. The van der Waals surface area contributed by atoms with E-state index >= 15 is 0 Å². The van der Waals surface area contributed by atoms with Crippen LogP contribution < -0.4 is 15.4 Å². The van der Waals surface area contributed by atoms with Crippen molar-refractivity contribution >= 4 is 34.5 Å². The summed E-state index contributed by atoms with van der Waals surface area (Å²) in [6.45, 7) is -0.00371. The maximum atomic E-state index is 12.1. The summed E-state index contributed by atoms with van der Waals surface area (Å²) < 4.78 is 10.8. The minimum atomic E-state index is -0.223. The van der Waals surface area contributed by atoms with Crippen LogP contribution in [0.1, 0.15) is 12.3 Å². The molecular formula is C17H14N4O4S. The van der Waals surface area contributed by atoms with Crippen molar-refractivity contribution in [2.24, 2.45) is 0 Å². The van der Waals surface area contributed by atoms with Crippen LogP contribution in [0, 0.1) is 0 Å². The Hall–Kier alpha value is -3.20. The fraction of sp³-hybridized carbons (Fsp3) is 0.176. The number of amides is 2. The lowest BCUT2D eigenvalue weighted by Crippen LogP contribution is -2.25. The highest BCUT2D eigenvalue weighted by Gasteiger charge is 2.17. The lowest BCUT2D eigenvalue weighted by molar-refractivity contribution is -0.118. The van der Waals surface area contributed by atoms with Gasteiger partial charge in [-0.1, -0.05) is 0 Å². The molecule has 0 atom stereocenters. The molecule has 4 rings (SSSR count). The number of thiophene rings is 1. The topological polar surface area (TPSA) is 106 Å². The average molecular weight is 370 g/mol. The van der Waals surface area contributed by atoms with Crippen molar-refractivity contribution in [1.82, 2.24) is 10.2 Å². The third-order valence-corrected chi connectivity index (χ3v) is 4.38. The van der Waals surface area contributed by atoms with Crippen molar-refractivity contribution in [2.45, 2.75) is 12.8 Å². The summed E-state index contributed by atoms with van der Waals surface area (Å²) in [4.78, 5) is 23.5. The zero-order chi connectivity index (χ0) is 17.9. The van der Waals surface area contributed by atoms with Crippen LogP contribution in [-0.4, -0.2) is 28.6 Å². The molecule has 0 saturated carbocycles. The standard InChI is InChI=1S/C17H14N4O4S/c22-14(3-4-16-20-21-17(25-16)10-5-6-26-9-10)18-11-1-2-13-12(7-11)19-15(23)8-24-13/h1-2,5-7,9H,3-4,8H2,(H,18,22)(H,19,23). The molecule has 0 spiro atoms. The number of aryl methyl sites for hydroxylation is 1. The van der Waals surface area contributed by atoms with Gasteiger partial charge in [0.05, 0.1) is 5.69 Å². The Morgan fingerprint density at radius 2 is 2.23 bits per heavy atom. The van der Waals surface area contributed by atoms with Gasteiger partial charge in [-0.2, -0.15) is 11.3 Å². The van der Waals surface area contributed by atoms with Gasteiger partial charge in [0, 0.05) is 29.5 Å². The van der Waals surface area contributed by atoms with Crippen LogP contribution in [0.25, 0.3) is 11.5 Å². The van der Waals surface area contributed by atoms with Crippen LogP contribution in [-0.2, 0) is 16.0 Å². The predicted molar refractivity (Wildman–Crippen MR) is 95.1 cm³/mol. The smallest absolute Gasteiger partial charge is 0.262 e. The highest BCUT2D eigenvalue weighted by molar-refractivity contribution is 7.08. The van der Waals surface area contributed by atoms with Gasteiger partial charge in [-0.15, -0.1) is 10.2 Å². The molecule has 8 nitrogen and oxygen atoms in total. The lowest BCUT2D eigenvalue weighted by Gasteiger charge is -2.18. The van der Waals surface area contributed by atoms with Crippen molar-refractivity contribution in [1.29, 1.82) is 0 Å². The number of hydrogen-bond acceptors (Lipinski definition) is 7. The van der Waals surface area contributed by atoms with Gasteiger partial charge in [0.2, 0.25) is 17.7 Å². The molecule has 0 radical (unpaired) electrons. The number of hydrogen-bond donors (Lipinski definition) is 2. The minimum absolute atomic E-state index is 0.00371. The Balaban J connectivity index is 1.34. The zero-order valence-electron chi connectivity index (χ0n) is 13.5. The number of nitrogens with one attached hydrogen (secondary N) is 2. The number of fused-ring (bicyclic) bond motifs is 1. The maximum Gasteiger partial charge on any atom is 0.262 e. The minimum Gasteiger partial charge on any atom is -0.482 e. The van der Waals surface area contributed by atoms with E-state index in [9.17, 15) is 9.59 Å². The number of aromatic nitrogens is 2. The molecule has 0 bridgehead atoms. The summed E-state index contributed by atoms with van der Waals surface area (Å²) in [7, 11) is 0. The second kappa shape index (κ2) is 6.96. The van der Waals surface area contributed by atoms with E-state index in [1.54, 1.807) is 29.5 Å². The molecule has 1 aromatic carbocycles. The molecule has 2 amide bonds. The molecule has 3 aromatic rings. The van der Waals surface area contributed by atoms with E-state index < -0.39 is 0 Å². The Morgan fingerprint density at radius 3 is 3.08 bits per heavy atom. The molecule has 0 saturated heterocycles. The number of benzene rings is 1. The molecule has 0 unspecified atom stereocenters. The Morgan fingerprint density at radius 1 is 1.31 bits per heavy atom. The van der Waals surface area contributed by atoms with Crippen LogP contribution in [0.2, 0.25) is 0 Å². The van der Waals surface area contributed by atoms with Gasteiger partial charge in [0.15, 0.2) is 6.61 Å². The van der Waals surface area contributed by atoms with Crippen LogP contribution in [0.15, 0.2) is 39.4 Å². The van der Waals surface area contributed by atoms with E-state index in [0.717, 1.165) is 5.56 Å². The van der Waals surface area contributed by atoms with E-state index in [1.807, 2.05) is 16.8 Å². The monoisotopic (exact) mass is 370 g/mol. The van der Waals surface area contributed by atoms with Gasteiger partial charge in [0.25, 0.3) is 5.91 Å². The molecule has 1 aliphatic rings. The number of nitrogens with zero attached hydrogens (tertiary/aromatic N) is 2. The summed E-state index contributed by atoms with van der Waals surface area (Å²) in [5.74, 6) is 1.02. The summed E-state index contributed by atoms with van der Waals surface area (Å²) in [5.41, 5.74) is 1.98. The third-order valence-electron chi connectivity index (χ3n) is 3.70. The number of rotatable bonds is 5. The van der Waals surface area contributed by atoms with Crippen molar-refractivity contribution in [3.8, 4) is 17.2 Å². The number of carbonyl (C=O) groups is 2. The van der Waals surface area contributed by atoms with Gasteiger partial charge < -0.3 is 19.8 Å². The quantitative estimate of drug-likeness (QED) is 0.715. The fourth-order valence-corrected chi connectivity index (χ4v) is 3.09. The SMILES string of the molecule is O=C(CCc1nnc(-c2ccsc2)o1)Nc1ccc2c(c1)NC(=O)CO2. The van der Waals surface area contributed by atoms with Gasteiger partial charge >= 0.3 is 0 Å². The first-order valence-corrected chi connectivity index (χ1v) is 8.83. The zero-order valence-corrected chi connectivity index (χ0v) is 14.3. The van der Waals surface area contributed by atoms with Crippen molar-refractivity contribution in [2.75, 3.05) is 17.2 Å². The van der Waals surface area contributed by atoms with Crippen LogP contribution in [0.3, 0.4) is 0 Å². The van der Waals surface area contributed by atoms with E-state index in [0.29, 0.717) is 35.3 Å². The molecule has 0 fully saturated rings. The Labute approximate surface area is 152 Å². The van der Waals surface area contributed by atoms with E-state index in [4.69, 9.17) is 9.15 Å². The molecule has 9 heteroatoms. The van der Waals surface area contributed by atoms with Gasteiger partial charge in [0.1, 0.15) is 5.75 Å². The summed E-state index contributed by atoms with van der Waals surface area (Å²) in [5, 5.41) is 17.3. The van der Waals surface area contributed by atoms with E-state index in [-0.39, 0.29) is 24.8 Å². The fourth-order valence-electron chi connectivity index (χ4n) is 2.46. The summed E-state index contributed by atoms with van der Waals surface area (Å²) >= 11 is 1.55. The van der Waals surface area contributed by atoms with Gasteiger partial charge in [-0.05, 0) is 29.6 Å². The molecule has 2 N–H and O–H groups in total. The second-order valence-electron chi connectivity index (χ2n) is 5.61. The molecular weight excluding hydrogens is 356 g/mol. The first-order chi connectivity index (χ1) is 12.7. The van der Waals surface area contributed by atoms with Crippen LogP contribution in [0.5, 0.6) is 5.75 Å². The maximum absolute atomic E-state index is 12.1. The first kappa shape index (κ1) is 16.3. The lowest BCUT2D eigenvalue weighted by atomic mass is 10.2. The van der Waals surface area contributed by atoms with Crippen molar-refractivity contribution in [3.05, 3.63) is 40.9 Å². The first-order valence-electron chi connectivity index (χ1n) is 7.89. The second-order valence-corrected chi connectivity index (χ2v) is 6.39. The molecule has 132 valence electrons. The van der Waals surface area contributed by atoms with Crippen molar-refractivity contribution < 1.29 is 18.7 Å². The average Bonchev–Trinajstić information content (AvgIpc) is 3.31. The van der Waals surface area contributed by atoms with E-state index in [2.05, 4.69) is 20.8 Å². The largest absolute Gasteiger partial charge is 0.482 e. The number of carbonyl (C=O) groups excluding carboxylic acids is 2. The normalized spacial score (nSPS) is 12.8. The predicted octanol–water partition coefficient (Wildman–Crippen LogP) is 2.70. The van der Waals surface area contributed by atoms with Crippen molar-refractivity contribution in [3.63, 3.8) is 0 Å². The molecule has 2 aromatic heterocycles. The highest BCUT2D eigenvalue weighted by atomic mass is 32.1.